The molecule has 0 radical (unpaired) electrons. The lowest BCUT2D eigenvalue weighted by atomic mass is 10.1. The second-order valence-electron chi connectivity index (χ2n) is 6.99. The zero-order valence-electron chi connectivity index (χ0n) is 15.8. The fraction of sp³-hybridized carbons (Fsp3) is 0.500. The summed E-state index contributed by atoms with van der Waals surface area (Å²) >= 11 is 0. The summed E-state index contributed by atoms with van der Waals surface area (Å²) in [6.07, 6.45) is 5.08. The number of aromatic nitrogens is 2. The standard InChI is InChI=1S/C20H28N4O2/c1-14-6-4-7-16(12-14)19-23-18(15(2)22-17-8-9-17)13-24(19)11-5-10-21-20(25)26-3/h4,6-7,12-13,15,17,22H,5,8-11H2,1-3H3,(H,21,25). The second-order valence-corrected chi connectivity index (χ2v) is 6.99. The maximum atomic E-state index is 11.2. The first kappa shape index (κ1) is 18.5. The van der Waals surface area contributed by atoms with Crippen molar-refractivity contribution >= 4 is 6.09 Å². The highest BCUT2D eigenvalue weighted by atomic mass is 16.5. The van der Waals surface area contributed by atoms with Gasteiger partial charge in [0.05, 0.1) is 12.8 Å². The fourth-order valence-corrected chi connectivity index (χ4v) is 3.03. The lowest BCUT2D eigenvalue weighted by Crippen LogP contribution is -2.24. The number of carbonyl (C=O) groups excluding carboxylic acids is 1. The van der Waals surface area contributed by atoms with Gasteiger partial charge in [0.2, 0.25) is 0 Å². The van der Waals surface area contributed by atoms with Crippen LogP contribution in [0.1, 0.15) is 43.5 Å². The molecule has 140 valence electrons. The maximum absolute atomic E-state index is 11.2. The van der Waals surface area contributed by atoms with Gasteiger partial charge in [-0.15, -0.1) is 0 Å². The Bertz CT molecular complexity index is 752. The molecule has 26 heavy (non-hydrogen) atoms. The van der Waals surface area contributed by atoms with Gasteiger partial charge in [0.25, 0.3) is 0 Å². The van der Waals surface area contributed by atoms with Gasteiger partial charge in [-0.25, -0.2) is 9.78 Å². The average Bonchev–Trinajstić information content (AvgIpc) is 3.34. The van der Waals surface area contributed by atoms with Crippen molar-refractivity contribution in [2.75, 3.05) is 13.7 Å². The molecule has 3 rings (SSSR count). The number of carbonyl (C=O) groups is 1. The third-order valence-electron chi connectivity index (χ3n) is 4.61. The number of nitrogens with one attached hydrogen (secondary N) is 2. The Labute approximate surface area is 155 Å². The molecule has 1 amide bonds. The van der Waals surface area contributed by atoms with Gasteiger partial charge in [0.15, 0.2) is 0 Å². The van der Waals surface area contributed by atoms with E-state index in [0.717, 1.165) is 30.0 Å². The first-order valence-electron chi connectivity index (χ1n) is 9.29. The Morgan fingerprint density at radius 1 is 1.42 bits per heavy atom. The molecule has 1 aliphatic carbocycles. The summed E-state index contributed by atoms with van der Waals surface area (Å²) in [7, 11) is 1.38. The van der Waals surface area contributed by atoms with Crippen LogP contribution in [-0.4, -0.2) is 35.3 Å². The minimum absolute atomic E-state index is 0.237. The summed E-state index contributed by atoms with van der Waals surface area (Å²) in [4.78, 5) is 16.1. The smallest absolute Gasteiger partial charge is 0.406 e. The number of aryl methyl sites for hydroxylation is 2. The van der Waals surface area contributed by atoms with E-state index in [2.05, 4.69) is 64.2 Å². The maximum Gasteiger partial charge on any atom is 0.406 e. The van der Waals surface area contributed by atoms with Crippen molar-refractivity contribution in [3.63, 3.8) is 0 Å². The lowest BCUT2D eigenvalue weighted by molar-refractivity contribution is 0.171. The number of hydrogen-bond acceptors (Lipinski definition) is 4. The van der Waals surface area contributed by atoms with Crippen molar-refractivity contribution < 1.29 is 9.53 Å². The molecule has 1 aromatic carbocycles. The Morgan fingerprint density at radius 3 is 2.92 bits per heavy atom. The molecule has 6 heteroatoms. The molecular weight excluding hydrogens is 328 g/mol. The molecule has 2 aromatic rings. The van der Waals surface area contributed by atoms with Crippen molar-refractivity contribution in [3.8, 4) is 11.4 Å². The molecule has 1 fully saturated rings. The van der Waals surface area contributed by atoms with E-state index in [1.165, 1.54) is 25.5 Å². The molecule has 6 nitrogen and oxygen atoms in total. The Morgan fingerprint density at radius 2 is 2.23 bits per heavy atom. The minimum atomic E-state index is -0.391. The Kier molecular flexibility index (Phi) is 5.93. The summed E-state index contributed by atoms with van der Waals surface area (Å²) in [6.45, 7) is 5.62. The summed E-state index contributed by atoms with van der Waals surface area (Å²) in [5.74, 6) is 0.978. The summed E-state index contributed by atoms with van der Waals surface area (Å²) in [5.41, 5.74) is 3.40. The highest BCUT2D eigenvalue weighted by Crippen LogP contribution is 2.26. The van der Waals surface area contributed by atoms with Gasteiger partial charge in [-0.05, 0) is 39.2 Å². The quantitative estimate of drug-likeness (QED) is 0.711. The van der Waals surface area contributed by atoms with Gasteiger partial charge < -0.3 is 19.9 Å². The number of benzene rings is 1. The minimum Gasteiger partial charge on any atom is -0.453 e. The number of hydrogen-bond donors (Lipinski definition) is 2. The predicted molar refractivity (Wildman–Crippen MR) is 102 cm³/mol. The Hall–Kier alpha value is -2.34. The summed E-state index contributed by atoms with van der Waals surface area (Å²) in [5, 5.41) is 6.34. The third-order valence-corrected chi connectivity index (χ3v) is 4.61. The number of rotatable bonds is 8. The average molecular weight is 356 g/mol. The van der Waals surface area contributed by atoms with E-state index in [9.17, 15) is 4.79 Å². The third kappa shape index (κ3) is 4.85. The molecule has 1 heterocycles. The van der Waals surface area contributed by atoms with Crippen LogP contribution in [0.25, 0.3) is 11.4 Å². The van der Waals surface area contributed by atoms with E-state index in [1.807, 2.05) is 0 Å². The SMILES string of the molecule is COC(=O)NCCCn1cc(C(C)NC2CC2)nc1-c1cccc(C)c1. The highest BCUT2D eigenvalue weighted by molar-refractivity contribution is 5.66. The first-order valence-corrected chi connectivity index (χ1v) is 9.29. The predicted octanol–water partition coefficient (Wildman–Crippen LogP) is 3.42. The highest BCUT2D eigenvalue weighted by Gasteiger charge is 2.25. The van der Waals surface area contributed by atoms with Crippen LogP contribution in [0, 0.1) is 6.92 Å². The van der Waals surface area contributed by atoms with Gasteiger partial charge in [0, 0.05) is 36.9 Å². The van der Waals surface area contributed by atoms with Crippen LogP contribution in [0.5, 0.6) is 0 Å². The summed E-state index contributed by atoms with van der Waals surface area (Å²) < 4.78 is 6.80. The van der Waals surface area contributed by atoms with Gasteiger partial charge in [0.1, 0.15) is 5.82 Å². The number of methoxy groups -OCH3 is 1. The molecule has 1 unspecified atom stereocenters. The number of alkyl carbamates (subject to hydrolysis) is 1. The molecule has 0 spiro atoms. The van der Waals surface area contributed by atoms with Crippen molar-refractivity contribution in [2.45, 2.75) is 51.7 Å². The zero-order chi connectivity index (χ0) is 18.5. The second kappa shape index (κ2) is 8.36. The monoisotopic (exact) mass is 356 g/mol. The van der Waals surface area contributed by atoms with Gasteiger partial charge in [-0.3, -0.25) is 0 Å². The molecule has 1 atom stereocenters. The van der Waals surface area contributed by atoms with Crippen LogP contribution in [0.4, 0.5) is 4.79 Å². The van der Waals surface area contributed by atoms with E-state index in [0.29, 0.717) is 12.6 Å². The van der Waals surface area contributed by atoms with Crippen LogP contribution in [0.15, 0.2) is 30.5 Å². The van der Waals surface area contributed by atoms with Crippen molar-refractivity contribution in [1.29, 1.82) is 0 Å². The van der Waals surface area contributed by atoms with Gasteiger partial charge in [-0.2, -0.15) is 0 Å². The van der Waals surface area contributed by atoms with Gasteiger partial charge in [-0.1, -0.05) is 23.8 Å². The Balaban J connectivity index is 1.75. The van der Waals surface area contributed by atoms with Crippen molar-refractivity contribution in [2.24, 2.45) is 0 Å². The van der Waals surface area contributed by atoms with E-state index < -0.39 is 6.09 Å². The molecule has 2 N–H and O–H groups in total. The number of nitrogens with zero attached hydrogens (tertiary/aromatic N) is 2. The molecule has 0 aliphatic heterocycles. The first-order chi connectivity index (χ1) is 12.6. The largest absolute Gasteiger partial charge is 0.453 e. The zero-order valence-corrected chi connectivity index (χ0v) is 15.8. The fourth-order valence-electron chi connectivity index (χ4n) is 3.03. The number of ether oxygens (including phenoxy) is 1. The van der Waals surface area contributed by atoms with Crippen LogP contribution in [0.3, 0.4) is 0 Å². The van der Waals surface area contributed by atoms with Crippen LogP contribution >= 0.6 is 0 Å². The van der Waals surface area contributed by atoms with Crippen LogP contribution in [0.2, 0.25) is 0 Å². The molecule has 1 saturated carbocycles. The molecule has 1 aromatic heterocycles. The lowest BCUT2D eigenvalue weighted by Gasteiger charge is -2.09. The molecule has 0 saturated heterocycles. The van der Waals surface area contributed by atoms with E-state index in [4.69, 9.17) is 4.98 Å². The summed E-state index contributed by atoms with van der Waals surface area (Å²) in [6, 6.07) is 9.29. The van der Waals surface area contributed by atoms with Crippen LogP contribution < -0.4 is 10.6 Å². The van der Waals surface area contributed by atoms with E-state index in [1.54, 1.807) is 0 Å². The number of imidazole rings is 1. The normalized spacial score (nSPS) is 14.9. The molecule has 1 aliphatic rings. The number of amides is 1. The van der Waals surface area contributed by atoms with E-state index in [-0.39, 0.29) is 6.04 Å². The molecule has 0 bridgehead atoms. The van der Waals surface area contributed by atoms with Crippen molar-refractivity contribution in [1.82, 2.24) is 20.2 Å². The van der Waals surface area contributed by atoms with Crippen molar-refractivity contribution in [3.05, 3.63) is 41.7 Å². The van der Waals surface area contributed by atoms with E-state index >= 15 is 0 Å². The molecular formula is C20H28N4O2. The topological polar surface area (TPSA) is 68.2 Å². The van der Waals surface area contributed by atoms with Gasteiger partial charge >= 0.3 is 6.09 Å². The van der Waals surface area contributed by atoms with Crippen LogP contribution in [-0.2, 0) is 11.3 Å².